The van der Waals surface area contributed by atoms with Crippen LogP contribution in [0.4, 0.5) is 5.69 Å². The van der Waals surface area contributed by atoms with Gasteiger partial charge in [-0.3, -0.25) is 4.79 Å². The first-order valence-corrected chi connectivity index (χ1v) is 6.03. The summed E-state index contributed by atoms with van der Waals surface area (Å²) in [5.41, 5.74) is 1.22. The van der Waals surface area contributed by atoms with E-state index in [0.29, 0.717) is 25.1 Å². The maximum absolute atomic E-state index is 11.9. The highest BCUT2D eigenvalue weighted by Gasteiger charge is 2.24. The molecule has 0 unspecified atom stereocenters. The zero-order valence-electron chi connectivity index (χ0n) is 10.2. The van der Waals surface area contributed by atoms with E-state index in [4.69, 9.17) is 9.31 Å². The summed E-state index contributed by atoms with van der Waals surface area (Å²) in [5.74, 6) is -0.195. The third kappa shape index (κ3) is 3.72. The molecule has 1 N–H and O–H groups in total. The Morgan fingerprint density at radius 2 is 1.94 bits per heavy atom. The summed E-state index contributed by atoms with van der Waals surface area (Å²) in [7, 11) is -0.340. The molecule has 2 rings (SSSR count). The fourth-order valence-corrected chi connectivity index (χ4v) is 1.69. The van der Waals surface area contributed by atoms with Crippen molar-refractivity contribution in [2.75, 3.05) is 18.5 Å². The Labute approximate surface area is 107 Å². The van der Waals surface area contributed by atoms with Crippen LogP contribution in [0.2, 0.25) is 6.32 Å². The van der Waals surface area contributed by atoms with Gasteiger partial charge in [0, 0.05) is 30.8 Å². The number of carbonyl (C=O) groups excluding carboxylic acids is 1. The minimum absolute atomic E-state index is 0.195. The van der Waals surface area contributed by atoms with Crippen molar-refractivity contribution in [2.24, 2.45) is 0 Å². The molecule has 1 aliphatic heterocycles. The summed E-state index contributed by atoms with van der Waals surface area (Å²) in [6, 6.07) is 9.29. The molecule has 1 amide bonds. The number of benzene rings is 1. The standard InChI is InChI=1S/C13H16BNO3/c1-11(10-14-17-8-5-9-18-14)13(16)15-12-6-3-2-4-7-12/h2-4,6-7H,1,5,8-10H2,(H,15,16). The Morgan fingerprint density at radius 3 is 2.61 bits per heavy atom. The van der Waals surface area contributed by atoms with Crippen LogP contribution in [0.5, 0.6) is 0 Å². The van der Waals surface area contributed by atoms with Crippen LogP contribution in [0.15, 0.2) is 42.5 Å². The Hall–Kier alpha value is -1.59. The molecule has 1 aromatic rings. The molecule has 0 spiro atoms. The summed E-state index contributed by atoms with van der Waals surface area (Å²) >= 11 is 0. The third-order valence-corrected chi connectivity index (χ3v) is 2.66. The van der Waals surface area contributed by atoms with Gasteiger partial charge < -0.3 is 14.6 Å². The lowest BCUT2D eigenvalue weighted by Gasteiger charge is -2.20. The van der Waals surface area contributed by atoms with Gasteiger partial charge in [-0.15, -0.1) is 0 Å². The topological polar surface area (TPSA) is 47.6 Å². The van der Waals surface area contributed by atoms with Crippen molar-refractivity contribution in [3.63, 3.8) is 0 Å². The maximum Gasteiger partial charge on any atom is 0.461 e. The number of para-hydroxylation sites is 1. The number of amides is 1. The van der Waals surface area contributed by atoms with E-state index >= 15 is 0 Å². The van der Waals surface area contributed by atoms with Gasteiger partial charge >= 0.3 is 7.12 Å². The molecule has 0 aliphatic carbocycles. The third-order valence-electron chi connectivity index (χ3n) is 2.66. The van der Waals surface area contributed by atoms with Crippen LogP contribution in [0.3, 0.4) is 0 Å². The van der Waals surface area contributed by atoms with Crippen LogP contribution in [-0.4, -0.2) is 26.2 Å². The van der Waals surface area contributed by atoms with Crippen molar-refractivity contribution in [1.29, 1.82) is 0 Å². The lowest BCUT2D eigenvalue weighted by Crippen LogP contribution is -2.31. The van der Waals surface area contributed by atoms with Gasteiger partial charge in [0.2, 0.25) is 5.91 Å². The second kappa shape index (κ2) is 6.38. The molecule has 0 atom stereocenters. The van der Waals surface area contributed by atoms with E-state index in [1.165, 1.54) is 0 Å². The average molecular weight is 245 g/mol. The van der Waals surface area contributed by atoms with E-state index in [-0.39, 0.29) is 13.0 Å². The van der Waals surface area contributed by atoms with E-state index in [1.807, 2.05) is 30.3 Å². The largest absolute Gasteiger partial charge is 0.461 e. The monoisotopic (exact) mass is 245 g/mol. The number of hydrogen-bond donors (Lipinski definition) is 1. The van der Waals surface area contributed by atoms with Crippen molar-refractivity contribution < 1.29 is 14.1 Å². The van der Waals surface area contributed by atoms with Crippen molar-refractivity contribution >= 4 is 18.7 Å². The predicted octanol–water partition coefficient (Wildman–Crippen LogP) is 2.11. The molecular weight excluding hydrogens is 229 g/mol. The van der Waals surface area contributed by atoms with Crippen molar-refractivity contribution in [3.8, 4) is 0 Å². The average Bonchev–Trinajstić information content (AvgIpc) is 2.41. The van der Waals surface area contributed by atoms with Crippen LogP contribution in [0.25, 0.3) is 0 Å². The van der Waals surface area contributed by atoms with Gasteiger partial charge in [-0.05, 0) is 18.6 Å². The molecule has 94 valence electrons. The Bertz CT molecular complexity index is 416. The quantitative estimate of drug-likeness (QED) is 0.652. The van der Waals surface area contributed by atoms with Crippen LogP contribution in [0.1, 0.15) is 6.42 Å². The number of hydrogen-bond acceptors (Lipinski definition) is 3. The van der Waals surface area contributed by atoms with Crippen LogP contribution in [0, 0.1) is 0 Å². The molecule has 1 heterocycles. The van der Waals surface area contributed by atoms with Crippen molar-refractivity contribution in [1.82, 2.24) is 0 Å². The number of anilines is 1. The highest BCUT2D eigenvalue weighted by molar-refractivity contribution is 6.46. The molecule has 1 fully saturated rings. The van der Waals surface area contributed by atoms with Gasteiger partial charge in [-0.25, -0.2) is 0 Å². The van der Waals surface area contributed by atoms with Crippen LogP contribution >= 0.6 is 0 Å². The SMILES string of the molecule is C=C(CB1OCCCO1)C(=O)Nc1ccccc1. The predicted molar refractivity (Wildman–Crippen MR) is 71.3 cm³/mol. The van der Waals surface area contributed by atoms with E-state index in [0.717, 1.165) is 12.1 Å². The second-order valence-electron chi connectivity index (χ2n) is 4.15. The van der Waals surface area contributed by atoms with Gasteiger partial charge in [0.1, 0.15) is 0 Å². The normalized spacial score (nSPS) is 15.2. The molecule has 1 aromatic carbocycles. The van der Waals surface area contributed by atoms with E-state index in [2.05, 4.69) is 11.9 Å². The highest BCUT2D eigenvalue weighted by atomic mass is 16.6. The zero-order chi connectivity index (χ0) is 12.8. The first kappa shape index (κ1) is 12.9. The molecule has 18 heavy (non-hydrogen) atoms. The van der Waals surface area contributed by atoms with Gasteiger partial charge in [0.25, 0.3) is 0 Å². The van der Waals surface area contributed by atoms with Gasteiger partial charge in [-0.2, -0.15) is 0 Å². The van der Waals surface area contributed by atoms with Gasteiger partial charge in [0.15, 0.2) is 0 Å². The molecule has 1 saturated heterocycles. The Morgan fingerprint density at radius 1 is 1.28 bits per heavy atom. The molecule has 4 nitrogen and oxygen atoms in total. The number of nitrogens with one attached hydrogen (secondary N) is 1. The molecule has 1 aliphatic rings. The molecule has 0 saturated carbocycles. The minimum atomic E-state index is -0.340. The first-order chi connectivity index (χ1) is 8.75. The van der Waals surface area contributed by atoms with Crippen molar-refractivity contribution in [3.05, 3.63) is 42.5 Å². The fourth-order valence-electron chi connectivity index (χ4n) is 1.69. The smallest absolute Gasteiger partial charge is 0.411 e. The van der Waals surface area contributed by atoms with Crippen LogP contribution in [-0.2, 0) is 14.1 Å². The van der Waals surface area contributed by atoms with Crippen LogP contribution < -0.4 is 5.32 Å². The van der Waals surface area contributed by atoms with Crippen molar-refractivity contribution in [2.45, 2.75) is 12.7 Å². The lowest BCUT2D eigenvalue weighted by molar-refractivity contribution is -0.112. The summed E-state index contributed by atoms with van der Waals surface area (Å²) in [6.07, 6.45) is 1.30. The van der Waals surface area contributed by atoms with E-state index in [9.17, 15) is 4.79 Å². The molecular formula is C13H16BNO3. The minimum Gasteiger partial charge on any atom is -0.411 e. The molecule has 0 aromatic heterocycles. The summed E-state index contributed by atoms with van der Waals surface area (Å²) < 4.78 is 10.8. The fraction of sp³-hybridized carbons (Fsp3) is 0.308. The maximum atomic E-state index is 11.9. The zero-order valence-corrected chi connectivity index (χ0v) is 10.2. The number of rotatable bonds is 4. The summed E-state index contributed by atoms with van der Waals surface area (Å²) in [4.78, 5) is 11.9. The summed E-state index contributed by atoms with van der Waals surface area (Å²) in [6.45, 7) is 5.13. The highest BCUT2D eigenvalue weighted by Crippen LogP contribution is 2.13. The second-order valence-corrected chi connectivity index (χ2v) is 4.15. The number of carbonyl (C=O) groups is 1. The molecule has 0 radical (unpaired) electrons. The summed E-state index contributed by atoms with van der Waals surface area (Å²) in [5, 5.41) is 2.78. The van der Waals surface area contributed by atoms with E-state index in [1.54, 1.807) is 0 Å². The van der Waals surface area contributed by atoms with Gasteiger partial charge in [-0.1, -0.05) is 24.8 Å². The lowest BCUT2D eigenvalue weighted by atomic mass is 9.79. The van der Waals surface area contributed by atoms with E-state index < -0.39 is 0 Å². The Balaban J connectivity index is 1.83. The van der Waals surface area contributed by atoms with Gasteiger partial charge in [0.05, 0.1) is 0 Å². The molecule has 0 bridgehead atoms. The Kier molecular flexibility index (Phi) is 4.56. The molecule has 5 heteroatoms. The first-order valence-electron chi connectivity index (χ1n) is 6.03.